The number of carbonyl (C=O) groups is 2. The summed E-state index contributed by atoms with van der Waals surface area (Å²) in [6.07, 6.45) is 0.845. The van der Waals surface area contributed by atoms with E-state index in [1.807, 2.05) is 43.3 Å². The van der Waals surface area contributed by atoms with Crippen molar-refractivity contribution in [3.8, 4) is 0 Å². The molecule has 0 fully saturated rings. The number of amides is 1. The zero-order chi connectivity index (χ0) is 16.7. The molecule has 0 heterocycles. The third-order valence-electron chi connectivity index (χ3n) is 3.10. The van der Waals surface area contributed by atoms with Crippen molar-refractivity contribution in [1.82, 2.24) is 5.32 Å². The number of carbonyl (C=O) groups excluding carboxylic acids is 2. The fraction of sp³-hybridized carbons (Fsp3) is 0.294. The standard InChI is InChI=1S/C17H18ClNO3S/c1-2-9-19-15(20)10-22-16(21)11-23-14-8-4-6-12-5-3-7-13(18)17(12)14/h3-8H,2,9-11H2,1H3,(H,19,20). The van der Waals surface area contributed by atoms with Crippen molar-refractivity contribution in [3.05, 3.63) is 41.4 Å². The molecule has 0 aliphatic rings. The zero-order valence-electron chi connectivity index (χ0n) is 12.8. The van der Waals surface area contributed by atoms with Crippen molar-refractivity contribution in [1.29, 1.82) is 0 Å². The molecule has 122 valence electrons. The van der Waals surface area contributed by atoms with Crippen LogP contribution < -0.4 is 5.32 Å². The van der Waals surface area contributed by atoms with Crippen molar-refractivity contribution in [3.63, 3.8) is 0 Å². The van der Waals surface area contributed by atoms with Crippen LogP contribution in [0, 0.1) is 0 Å². The van der Waals surface area contributed by atoms with Crippen LogP contribution in [0.5, 0.6) is 0 Å². The average molecular weight is 352 g/mol. The lowest BCUT2D eigenvalue weighted by Crippen LogP contribution is -2.29. The highest BCUT2D eigenvalue weighted by Gasteiger charge is 2.10. The van der Waals surface area contributed by atoms with E-state index in [9.17, 15) is 9.59 Å². The van der Waals surface area contributed by atoms with Gasteiger partial charge in [-0.1, -0.05) is 42.8 Å². The van der Waals surface area contributed by atoms with E-state index >= 15 is 0 Å². The molecule has 1 N–H and O–H groups in total. The quantitative estimate of drug-likeness (QED) is 0.611. The number of fused-ring (bicyclic) bond motifs is 1. The van der Waals surface area contributed by atoms with Gasteiger partial charge in [-0.25, -0.2) is 0 Å². The van der Waals surface area contributed by atoms with Crippen molar-refractivity contribution in [2.45, 2.75) is 18.2 Å². The third kappa shape index (κ3) is 5.15. The van der Waals surface area contributed by atoms with Gasteiger partial charge in [-0.2, -0.15) is 0 Å². The molecular weight excluding hydrogens is 334 g/mol. The summed E-state index contributed by atoms with van der Waals surface area (Å²) in [5.41, 5.74) is 0. The number of ether oxygens (including phenoxy) is 1. The minimum absolute atomic E-state index is 0.130. The summed E-state index contributed by atoms with van der Waals surface area (Å²) in [4.78, 5) is 24.1. The molecule has 2 aromatic rings. The number of hydrogen-bond acceptors (Lipinski definition) is 4. The van der Waals surface area contributed by atoms with Crippen LogP contribution in [-0.4, -0.2) is 30.8 Å². The summed E-state index contributed by atoms with van der Waals surface area (Å²) in [6.45, 7) is 2.30. The summed E-state index contributed by atoms with van der Waals surface area (Å²) in [5.74, 6) is -0.574. The maximum absolute atomic E-state index is 11.8. The van der Waals surface area contributed by atoms with Gasteiger partial charge in [-0.05, 0) is 23.9 Å². The molecule has 0 atom stereocenters. The van der Waals surface area contributed by atoms with Gasteiger partial charge < -0.3 is 10.1 Å². The first-order valence-corrected chi connectivity index (χ1v) is 8.70. The van der Waals surface area contributed by atoms with E-state index in [0.29, 0.717) is 11.6 Å². The van der Waals surface area contributed by atoms with Gasteiger partial charge in [-0.15, -0.1) is 11.8 Å². The van der Waals surface area contributed by atoms with Gasteiger partial charge in [0.2, 0.25) is 0 Å². The van der Waals surface area contributed by atoms with Crippen LogP contribution >= 0.6 is 23.4 Å². The topological polar surface area (TPSA) is 55.4 Å². The Bertz CT molecular complexity index is 700. The molecular formula is C17H18ClNO3S. The lowest BCUT2D eigenvalue weighted by molar-refractivity contribution is -0.145. The third-order valence-corrected chi connectivity index (χ3v) is 4.44. The predicted octanol–water partition coefficient (Wildman–Crippen LogP) is 3.65. The van der Waals surface area contributed by atoms with E-state index in [4.69, 9.17) is 16.3 Å². The van der Waals surface area contributed by atoms with Crippen LogP contribution in [-0.2, 0) is 14.3 Å². The number of esters is 1. The van der Waals surface area contributed by atoms with Crippen LogP contribution in [0.4, 0.5) is 0 Å². The Hall–Kier alpha value is -1.72. The summed E-state index contributed by atoms with van der Waals surface area (Å²) in [6, 6.07) is 11.5. The van der Waals surface area contributed by atoms with E-state index in [1.165, 1.54) is 11.8 Å². The first-order valence-electron chi connectivity index (χ1n) is 7.34. The van der Waals surface area contributed by atoms with Gasteiger partial charge in [0, 0.05) is 21.8 Å². The van der Waals surface area contributed by atoms with Crippen LogP contribution in [0.15, 0.2) is 41.3 Å². The van der Waals surface area contributed by atoms with Crippen LogP contribution in [0.2, 0.25) is 5.02 Å². The number of benzene rings is 2. The summed E-state index contributed by atoms with van der Waals surface area (Å²) < 4.78 is 4.96. The van der Waals surface area contributed by atoms with Gasteiger partial charge in [0.1, 0.15) is 0 Å². The van der Waals surface area contributed by atoms with Gasteiger partial charge in [0.25, 0.3) is 5.91 Å². The summed E-state index contributed by atoms with van der Waals surface area (Å²) in [7, 11) is 0. The van der Waals surface area contributed by atoms with Gasteiger partial charge in [-0.3, -0.25) is 9.59 Å². The fourth-order valence-corrected chi connectivity index (χ4v) is 3.27. The Balaban J connectivity index is 1.91. The minimum atomic E-state index is -0.425. The molecule has 0 saturated carbocycles. The SMILES string of the molecule is CCCNC(=O)COC(=O)CSc1cccc2cccc(Cl)c12. The largest absolute Gasteiger partial charge is 0.455 e. The minimum Gasteiger partial charge on any atom is -0.455 e. The predicted molar refractivity (Wildman–Crippen MR) is 93.9 cm³/mol. The number of rotatable bonds is 7. The molecule has 6 heteroatoms. The van der Waals surface area contributed by atoms with E-state index in [2.05, 4.69) is 5.32 Å². The van der Waals surface area contributed by atoms with Crippen molar-refractivity contribution < 1.29 is 14.3 Å². The number of halogens is 1. The Labute approximate surface area is 144 Å². The molecule has 0 radical (unpaired) electrons. The zero-order valence-corrected chi connectivity index (χ0v) is 14.4. The average Bonchev–Trinajstić information content (AvgIpc) is 2.56. The molecule has 0 bridgehead atoms. The van der Waals surface area contributed by atoms with Crippen LogP contribution in [0.1, 0.15) is 13.3 Å². The second-order valence-corrected chi connectivity index (χ2v) is 6.32. The summed E-state index contributed by atoms with van der Waals surface area (Å²) in [5, 5.41) is 5.25. The molecule has 0 saturated heterocycles. The molecule has 23 heavy (non-hydrogen) atoms. The summed E-state index contributed by atoms with van der Waals surface area (Å²) >= 11 is 7.60. The lowest BCUT2D eigenvalue weighted by atomic mass is 10.1. The van der Waals surface area contributed by atoms with Crippen LogP contribution in [0.3, 0.4) is 0 Å². The normalized spacial score (nSPS) is 10.5. The second kappa shape index (κ2) is 8.79. The first-order chi connectivity index (χ1) is 11.1. The number of nitrogens with one attached hydrogen (secondary N) is 1. The molecule has 2 aromatic carbocycles. The van der Waals surface area contributed by atoms with Gasteiger partial charge in [0.15, 0.2) is 6.61 Å². The fourth-order valence-electron chi connectivity index (χ4n) is 2.02. The van der Waals surface area contributed by atoms with E-state index in [0.717, 1.165) is 22.1 Å². The number of thioether (sulfide) groups is 1. The van der Waals surface area contributed by atoms with Gasteiger partial charge in [0.05, 0.1) is 5.75 Å². The van der Waals surface area contributed by atoms with E-state index in [1.54, 1.807) is 0 Å². The highest BCUT2D eigenvalue weighted by Crippen LogP contribution is 2.33. The molecule has 0 unspecified atom stereocenters. The highest BCUT2D eigenvalue weighted by molar-refractivity contribution is 8.00. The Morgan fingerprint density at radius 2 is 1.96 bits per heavy atom. The Morgan fingerprint density at radius 3 is 2.70 bits per heavy atom. The molecule has 0 spiro atoms. The maximum Gasteiger partial charge on any atom is 0.316 e. The van der Waals surface area contributed by atoms with E-state index < -0.39 is 5.97 Å². The van der Waals surface area contributed by atoms with Crippen LogP contribution in [0.25, 0.3) is 10.8 Å². The van der Waals surface area contributed by atoms with Crippen molar-refractivity contribution >= 4 is 46.0 Å². The molecule has 4 nitrogen and oxygen atoms in total. The molecule has 0 aliphatic carbocycles. The first kappa shape index (κ1) is 17.6. The van der Waals surface area contributed by atoms with Crippen molar-refractivity contribution in [2.24, 2.45) is 0 Å². The molecule has 0 aliphatic heterocycles. The molecule has 0 aromatic heterocycles. The lowest BCUT2D eigenvalue weighted by Gasteiger charge is -2.08. The number of hydrogen-bond donors (Lipinski definition) is 1. The highest BCUT2D eigenvalue weighted by atomic mass is 35.5. The molecule has 2 rings (SSSR count). The Kier molecular flexibility index (Phi) is 6.74. The maximum atomic E-state index is 11.8. The van der Waals surface area contributed by atoms with E-state index in [-0.39, 0.29) is 18.3 Å². The van der Waals surface area contributed by atoms with Gasteiger partial charge >= 0.3 is 5.97 Å². The Morgan fingerprint density at radius 1 is 1.22 bits per heavy atom. The smallest absolute Gasteiger partial charge is 0.316 e. The second-order valence-electron chi connectivity index (χ2n) is 4.89. The van der Waals surface area contributed by atoms with Crippen molar-refractivity contribution in [2.75, 3.05) is 18.9 Å². The molecule has 1 amide bonds. The monoisotopic (exact) mass is 351 g/mol.